The number of fused-ring (bicyclic) bond motifs is 3. The lowest BCUT2D eigenvalue weighted by Crippen LogP contribution is -2.28. The molecule has 3 heterocycles. The number of hydrogen-bond donors (Lipinski definition) is 0. The van der Waals surface area contributed by atoms with Crippen LogP contribution in [0.2, 0.25) is 0 Å². The maximum atomic E-state index is 11.0. The molecular formula is C6H6O4. The van der Waals surface area contributed by atoms with Crippen LogP contribution in [-0.2, 0) is 19.0 Å². The summed E-state index contributed by atoms with van der Waals surface area (Å²) in [6.45, 7) is 1.51. The highest BCUT2D eigenvalue weighted by Gasteiger charge is 2.82. The van der Waals surface area contributed by atoms with E-state index in [4.69, 9.17) is 14.2 Å². The van der Waals surface area contributed by atoms with Gasteiger partial charge in [0.15, 0.2) is 18.2 Å². The topological polar surface area (TPSA) is 51.4 Å². The molecule has 0 aromatic heterocycles. The molecule has 0 aliphatic carbocycles. The molecular weight excluding hydrogens is 136 g/mol. The molecule has 4 heteroatoms. The van der Waals surface area contributed by atoms with Crippen LogP contribution in [0, 0.1) is 0 Å². The van der Waals surface area contributed by atoms with E-state index in [1.807, 2.05) is 0 Å². The molecule has 0 aromatic rings. The van der Waals surface area contributed by atoms with Crippen LogP contribution in [0.3, 0.4) is 0 Å². The van der Waals surface area contributed by atoms with Gasteiger partial charge in [0.2, 0.25) is 11.9 Å². The normalized spacial score (nSPS) is 61.1. The SMILES string of the molecule is CC(=O)[C@@]12O[C@@H]1O[C@@H]1O[C@@H]12. The molecule has 10 heavy (non-hydrogen) atoms. The second-order valence-electron chi connectivity index (χ2n) is 2.86. The van der Waals surface area contributed by atoms with E-state index in [-0.39, 0.29) is 24.5 Å². The molecule has 4 nitrogen and oxygen atoms in total. The van der Waals surface area contributed by atoms with E-state index in [0.29, 0.717) is 0 Å². The molecule has 3 rings (SSSR count). The second kappa shape index (κ2) is 1.15. The third-order valence-corrected chi connectivity index (χ3v) is 2.28. The summed E-state index contributed by atoms with van der Waals surface area (Å²) in [4.78, 5) is 11.0. The minimum Gasteiger partial charge on any atom is -0.337 e. The van der Waals surface area contributed by atoms with Crippen molar-refractivity contribution in [3.05, 3.63) is 0 Å². The summed E-state index contributed by atoms with van der Waals surface area (Å²) >= 11 is 0. The second-order valence-corrected chi connectivity index (χ2v) is 2.86. The third kappa shape index (κ3) is 0.347. The average Bonchev–Trinajstić information content (AvgIpc) is 2.70. The molecule has 4 atom stereocenters. The van der Waals surface area contributed by atoms with Crippen LogP contribution < -0.4 is 0 Å². The van der Waals surface area contributed by atoms with Gasteiger partial charge in [0.1, 0.15) is 0 Å². The summed E-state index contributed by atoms with van der Waals surface area (Å²) in [5, 5.41) is 0. The smallest absolute Gasteiger partial charge is 0.210 e. The van der Waals surface area contributed by atoms with Crippen LogP contribution >= 0.6 is 0 Å². The van der Waals surface area contributed by atoms with Crippen molar-refractivity contribution in [1.29, 1.82) is 0 Å². The molecule has 0 spiro atoms. The lowest BCUT2D eigenvalue weighted by atomic mass is 10.0. The van der Waals surface area contributed by atoms with Gasteiger partial charge in [-0.25, -0.2) is 0 Å². The maximum Gasteiger partial charge on any atom is 0.210 e. The van der Waals surface area contributed by atoms with E-state index in [9.17, 15) is 4.79 Å². The molecule has 0 bridgehead atoms. The predicted molar refractivity (Wildman–Crippen MR) is 28.0 cm³/mol. The number of ether oxygens (including phenoxy) is 3. The highest BCUT2D eigenvalue weighted by atomic mass is 16.9. The summed E-state index contributed by atoms with van der Waals surface area (Å²) in [7, 11) is 0. The Morgan fingerprint density at radius 3 is 2.70 bits per heavy atom. The summed E-state index contributed by atoms with van der Waals surface area (Å²) in [6.07, 6.45) is -0.550. The molecule has 0 radical (unpaired) electrons. The van der Waals surface area contributed by atoms with E-state index < -0.39 is 5.60 Å². The number of Topliss-reactive ketones (excluding diaryl/α,β-unsaturated/α-hetero) is 1. The van der Waals surface area contributed by atoms with Crippen molar-refractivity contribution in [1.82, 2.24) is 0 Å². The van der Waals surface area contributed by atoms with Crippen molar-refractivity contribution in [2.24, 2.45) is 0 Å². The fourth-order valence-corrected chi connectivity index (χ4v) is 1.55. The fraction of sp³-hybridized carbons (Fsp3) is 0.833. The number of epoxide rings is 2. The van der Waals surface area contributed by atoms with Crippen LogP contribution in [0.15, 0.2) is 0 Å². The van der Waals surface area contributed by atoms with Gasteiger partial charge in [-0.2, -0.15) is 0 Å². The molecule has 0 amide bonds. The van der Waals surface area contributed by atoms with Crippen LogP contribution in [0.25, 0.3) is 0 Å². The third-order valence-electron chi connectivity index (χ3n) is 2.28. The Balaban J connectivity index is 2.00. The highest BCUT2D eigenvalue weighted by Crippen LogP contribution is 2.58. The van der Waals surface area contributed by atoms with Gasteiger partial charge in [0, 0.05) is 0 Å². The summed E-state index contributed by atoms with van der Waals surface area (Å²) in [6, 6.07) is 0. The average molecular weight is 142 g/mol. The fourth-order valence-electron chi connectivity index (χ4n) is 1.55. The van der Waals surface area contributed by atoms with Gasteiger partial charge in [-0.1, -0.05) is 0 Å². The van der Waals surface area contributed by atoms with Gasteiger partial charge >= 0.3 is 0 Å². The van der Waals surface area contributed by atoms with E-state index in [0.717, 1.165) is 0 Å². The van der Waals surface area contributed by atoms with E-state index >= 15 is 0 Å². The van der Waals surface area contributed by atoms with Crippen LogP contribution in [0.5, 0.6) is 0 Å². The summed E-state index contributed by atoms with van der Waals surface area (Å²) in [5.74, 6) is 0.0162. The van der Waals surface area contributed by atoms with Gasteiger partial charge in [-0.05, 0) is 6.92 Å². The molecule has 3 saturated heterocycles. The lowest BCUT2D eigenvalue weighted by Gasteiger charge is -1.97. The van der Waals surface area contributed by atoms with Crippen molar-refractivity contribution >= 4 is 5.78 Å². The van der Waals surface area contributed by atoms with Gasteiger partial charge in [-0.15, -0.1) is 0 Å². The zero-order valence-electron chi connectivity index (χ0n) is 5.37. The molecule has 0 saturated carbocycles. The first-order valence-corrected chi connectivity index (χ1v) is 3.25. The minimum atomic E-state index is -0.690. The van der Waals surface area contributed by atoms with Crippen molar-refractivity contribution in [2.75, 3.05) is 0 Å². The van der Waals surface area contributed by atoms with Gasteiger partial charge in [0.05, 0.1) is 0 Å². The number of hydrogen-bond acceptors (Lipinski definition) is 4. The lowest BCUT2D eigenvalue weighted by molar-refractivity contribution is -0.122. The molecule has 0 aromatic carbocycles. The molecule has 3 aliphatic rings. The Labute approximate surface area is 57.0 Å². The Morgan fingerprint density at radius 1 is 1.50 bits per heavy atom. The predicted octanol–water partition coefficient (Wildman–Crippen LogP) is -0.574. The number of carbonyl (C=O) groups excluding carboxylic acids is 1. The first-order valence-electron chi connectivity index (χ1n) is 3.25. The van der Waals surface area contributed by atoms with E-state index in [1.54, 1.807) is 0 Å². The summed E-state index contributed by atoms with van der Waals surface area (Å²) in [5.41, 5.74) is -0.690. The van der Waals surface area contributed by atoms with Crippen LogP contribution in [0.1, 0.15) is 6.92 Å². The number of ketones is 1. The quantitative estimate of drug-likeness (QED) is 0.460. The van der Waals surface area contributed by atoms with E-state index in [2.05, 4.69) is 0 Å². The Hall–Kier alpha value is -0.450. The van der Waals surface area contributed by atoms with Gasteiger partial charge in [0.25, 0.3) is 0 Å². The maximum absolute atomic E-state index is 11.0. The Morgan fingerprint density at radius 2 is 2.30 bits per heavy atom. The largest absolute Gasteiger partial charge is 0.337 e. The minimum absolute atomic E-state index is 0.0162. The first-order chi connectivity index (χ1) is 4.75. The van der Waals surface area contributed by atoms with Crippen LogP contribution in [-0.4, -0.2) is 30.1 Å². The molecule has 0 N–H and O–H groups in total. The molecule has 3 fully saturated rings. The number of carbonyl (C=O) groups is 1. The zero-order chi connectivity index (χ0) is 6.93. The standard InChI is InChI=1S/C6H6O4/c1-2(7)6-3-4(8-3)9-5(6)10-6/h3-5H,1H3/t3-,4-,5-,6-/m0/s1. The van der Waals surface area contributed by atoms with E-state index in [1.165, 1.54) is 6.92 Å². The molecule has 0 unspecified atom stereocenters. The Kier molecular flexibility index (Phi) is 0.604. The van der Waals surface area contributed by atoms with Crippen molar-refractivity contribution < 1.29 is 19.0 Å². The zero-order valence-corrected chi connectivity index (χ0v) is 5.37. The van der Waals surface area contributed by atoms with Crippen LogP contribution in [0.4, 0.5) is 0 Å². The van der Waals surface area contributed by atoms with Gasteiger partial charge in [-0.3, -0.25) is 4.79 Å². The van der Waals surface area contributed by atoms with Crippen molar-refractivity contribution in [2.45, 2.75) is 31.2 Å². The Bertz CT molecular complexity index is 226. The monoisotopic (exact) mass is 142 g/mol. The first kappa shape index (κ1) is 5.23. The summed E-state index contributed by atoms with van der Waals surface area (Å²) < 4.78 is 15.2. The van der Waals surface area contributed by atoms with Crippen molar-refractivity contribution in [3.8, 4) is 0 Å². The number of rotatable bonds is 1. The van der Waals surface area contributed by atoms with Gasteiger partial charge < -0.3 is 14.2 Å². The highest BCUT2D eigenvalue weighted by molar-refractivity contribution is 5.90. The van der Waals surface area contributed by atoms with Crippen molar-refractivity contribution in [3.63, 3.8) is 0 Å². The molecule has 3 aliphatic heterocycles. The molecule has 54 valence electrons.